The Labute approximate surface area is 118 Å². The molecule has 2 N–H and O–H groups in total. The standard InChI is InChI=1S/C14H23NO5/c1-13(2)10(14(13,3)4)11(17)15-8(12(18)19)6-7-9(16)20-5/h8,10H,6-7H2,1-5H3,(H,15,17)(H,18,19)/t8-/m1/s1. The number of esters is 1. The van der Waals surface area contributed by atoms with Crippen LogP contribution >= 0.6 is 0 Å². The van der Waals surface area contributed by atoms with Crippen molar-refractivity contribution in [1.29, 1.82) is 0 Å². The first kappa shape index (κ1) is 16.5. The predicted molar refractivity (Wildman–Crippen MR) is 71.9 cm³/mol. The van der Waals surface area contributed by atoms with E-state index < -0.39 is 18.0 Å². The second kappa shape index (κ2) is 5.42. The van der Waals surface area contributed by atoms with Crippen LogP contribution in [0.15, 0.2) is 0 Å². The molecule has 0 radical (unpaired) electrons. The number of methoxy groups -OCH3 is 1. The maximum atomic E-state index is 12.2. The molecule has 0 saturated heterocycles. The van der Waals surface area contributed by atoms with Gasteiger partial charge in [-0.05, 0) is 17.3 Å². The Hall–Kier alpha value is -1.59. The number of nitrogens with one attached hydrogen (secondary N) is 1. The van der Waals surface area contributed by atoms with Crippen LogP contribution in [0.5, 0.6) is 0 Å². The first-order valence-electron chi connectivity index (χ1n) is 6.65. The van der Waals surface area contributed by atoms with E-state index in [1.54, 1.807) is 0 Å². The van der Waals surface area contributed by atoms with E-state index in [1.807, 2.05) is 27.7 Å². The normalized spacial score (nSPS) is 20.9. The van der Waals surface area contributed by atoms with Crippen LogP contribution in [0.2, 0.25) is 0 Å². The maximum Gasteiger partial charge on any atom is 0.326 e. The third-order valence-electron chi connectivity index (χ3n) is 4.76. The number of hydrogen-bond acceptors (Lipinski definition) is 4. The SMILES string of the molecule is COC(=O)CC[C@@H](NC(=O)C1C(C)(C)C1(C)C)C(=O)O. The largest absolute Gasteiger partial charge is 0.480 e. The zero-order chi connectivity index (χ0) is 15.7. The van der Waals surface area contributed by atoms with Crippen molar-refractivity contribution in [3.8, 4) is 0 Å². The topological polar surface area (TPSA) is 92.7 Å². The summed E-state index contributed by atoms with van der Waals surface area (Å²) in [5.74, 6) is -2.11. The van der Waals surface area contributed by atoms with E-state index in [1.165, 1.54) is 7.11 Å². The molecule has 1 fully saturated rings. The van der Waals surface area contributed by atoms with Crippen LogP contribution in [0.4, 0.5) is 0 Å². The average molecular weight is 285 g/mol. The van der Waals surface area contributed by atoms with Crippen molar-refractivity contribution in [1.82, 2.24) is 5.32 Å². The fourth-order valence-corrected chi connectivity index (χ4v) is 2.73. The highest BCUT2D eigenvalue weighted by molar-refractivity contribution is 5.88. The van der Waals surface area contributed by atoms with Gasteiger partial charge in [0.15, 0.2) is 0 Å². The second-order valence-electron chi connectivity index (χ2n) is 6.39. The van der Waals surface area contributed by atoms with Crippen LogP contribution in [-0.2, 0) is 19.1 Å². The molecule has 0 aromatic heterocycles. The van der Waals surface area contributed by atoms with Crippen LogP contribution in [0.1, 0.15) is 40.5 Å². The molecule has 1 aliphatic rings. The van der Waals surface area contributed by atoms with Crippen LogP contribution in [0, 0.1) is 16.7 Å². The van der Waals surface area contributed by atoms with Crippen LogP contribution in [0.25, 0.3) is 0 Å². The molecule has 0 heterocycles. The molecule has 114 valence electrons. The van der Waals surface area contributed by atoms with E-state index in [2.05, 4.69) is 10.1 Å². The lowest BCUT2D eigenvalue weighted by Crippen LogP contribution is -2.42. The Kier molecular flexibility index (Phi) is 4.46. The third kappa shape index (κ3) is 2.94. The van der Waals surface area contributed by atoms with Crippen molar-refractivity contribution in [2.75, 3.05) is 7.11 Å². The zero-order valence-electron chi connectivity index (χ0n) is 12.6. The van der Waals surface area contributed by atoms with E-state index in [-0.39, 0.29) is 35.5 Å². The van der Waals surface area contributed by atoms with Crippen molar-refractivity contribution in [3.63, 3.8) is 0 Å². The molecule has 0 aromatic carbocycles. The van der Waals surface area contributed by atoms with Gasteiger partial charge >= 0.3 is 11.9 Å². The minimum absolute atomic E-state index is 0.0291. The van der Waals surface area contributed by atoms with Gasteiger partial charge in [0.05, 0.1) is 7.11 Å². The van der Waals surface area contributed by atoms with Gasteiger partial charge in [-0.1, -0.05) is 27.7 Å². The highest BCUT2D eigenvalue weighted by Crippen LogP contribution is 2.68. The number of amides is 1. The van der Waals surface area contributed by atoms with E-state index >= 15 is 0 Å². The van der Waals surface area contributed by atoms with E-state index in [0.29, 0.717) is 0 Å². The van der Waals surface area contributed by atoms with Gasteiger partial charge in [0.1, 0.15) is 6.04 Å². The number of carboxylic acids is 1. The summed E-state index contributed by atoms with van der Waals surface area (Å²) in [7, 11) is 1.24. The Morgan fingerprint density at radius 3 is 2.05 bits per heavy atom. The van der Waals surface area contributed by atoms with Gasteiger partial charge in [-0.3, -0.25) is 9.59 Å². The van der Waals surface area contributed by atoms with Crippen molar-refractivity contribution < 1.29 is 24.2 Å². The summed E-state index contributed by atoms with van der Waals surface area (Å²) in [4.78, 5) is 34.4. The summed E-state index contributed by atoms with van der Waals surface area (Å²) < 4.78 is 4.47. The second-order valence-corrected chi connectivity index (χ2v) is 6.39. The van der Waals surface area contributed by atoms with Crippen LogP contribution in [0.3, 0.4) is 0 Å². The molecular formula is C14H23NO5. The first-order valence-corrected chi connectivity index (χ1v) is 6.65. The van der Waals surface area contributed by atoms with Crippen molar-refractivity contribution >= 4 is 17.8 Å². The number of carboxylic acid groups (broad SMARTS) is 1. The molecule has 0 aromatic rings. The molecule has 0 spiro atoms. The minimum atomic E-state index is -1.14. The highest BCUT2D eigenvalue weighted by Gasteiger charge is 2.68. The van der Waals surface area contributed by atoms with Gasteiger partial charge < -0.3 is 15.2 Å². The lowest BCUT2D eigenvalue weighted by atomic mass is 10.0. The molecule has 1 aliphatic carbocycles. The van der Waals surface area contributed by atoms with Gasteiger partial charge in [-0.25, -0.2) is 4.79 Å². The van der Waals surface area contributed by atoms with Gasteiger partial charge in [0.25, 0.3) is 0 Å². The van der Waals surface area contributed by atoms with Gasteiger partial charge in [0.2, 0.25) is 5.91 Å². The minimum Gasteiger partial charge on any atom is -0.480 e. The lowest BCUT2D eigenvalue weighted by molar-refractivity contribution is -0.144. The van der Waals surface area contributed by atoms with Gasteiger partial charge in [0, 0.05) is 12.3 Å². The Bertz CT molecular complexity index is 413. The number of rotatable bonds is 6. The first-order chi connectivity index (χ1) is 9.05. The summed E-state index contributed by atoms with van der Waals surface area (Å²) in [5, 5.41) is 11.6. The average Bonchev–Trinajstić information content (AvgIpc) is 2.74. The zero-order valence-corrected chi connectivity index (χ0v) is 12.6. The van der Waals surface area contributed by atoms with Crippen molar-refractivity contribution in [2.24, 2.45) is 16.7 Å². The van der Waals surface area contributed by atoms with Crippen molar-refractivity contribution in [2.45, 2.75) is 46.6 Å². The molecule has 1 atom stereocenters. The number of hydrogen-bond donors (Lipinski definition) is 2. The maximum absolute atomic E-state index is 12.2. The van der Waals surface area contributed by atoms with E-state index in [9.17, 15) is 14.4 Å². The molecule has 1 saturated carbocycles. The lowest BCUT2D eigenvalue weighted by Gasteiger charge is -2.14. The molecule has 1 amide bonds. The highest BCUT2D eigenvalue weighted by atomic mass is 16.5. The number of aliphatic carboxylic acids is 1. The summed E-state index contributed by atoms with van der Waals surface area (Å²) in [6.45, 7) is 7.95. The number of ether oxygens (including phenoxy) is 1. The van der Waals surface area contributed by atoms with Crippen LogP contribution < -0.4 is 5.32 Å². The van der Waals surface area contributed by atoms with Crippen molar-refractivity contribution in [3.05, 3.63) is 0 Å². The molecule has 20 heavy (non-hydrogen) atoms. The quantitative estimate of drug-likeness (QED) is 0.715. The molecular weight excluding hydrogens is 262 g/mol. The van der Waals surface area contributed by atoms with E-state index in [4.69, 9.17) is 5.11 Å². The Morgan fingerprint density at radius 2 is 1.70 bits per heavy atom. The fraction of sp³-hybridized carbons (Fsp3) is 0.786. The van der Waals surface area contributed by atoms with E-state index in [0.717, 1.165) is 0 Å². The number of carbonyl (C=O) groups excluding carboxylic acids is 2. The summed E-state index contributed by atoms with van der Waals surface area (Å²) >= 11 is 0. The summed E-state index contributed by atoms with van der Waals surface area (Å²) in [6, 6.07) is -1.06. The fourth-order valence-electron chi connectivity index (χ4n) is 2.73. The Morgan fingerprint density at radius 1 is 1.20 bits per heavy atom. The molecule has 0 bridgehead atoms. The summed E-state index contributed by atoms with van der Waals surface area (Å²) in [6.07, 6.45) is -0.00742. The molecule has 6 heteroatoms. The predicted octanol–water partition coefficient (Wildman–Crippen LogP) is 1.19. The molecule has 0 aliphatic heterocycles. The van der Waals surface area contributed by atoms with Gasteiger partial charge in [-0.15, -0.1) is 0 Å². The third-order valence-corrected chi connectivity index (χ3v) is 4.76. The van der Waals surface area contributed by atoms with Gasteiger partial charge in [-0.2, -0.15) is 0 Å². The number of carbonyl (C=O) groups is 3. The Balaban J connectivity index is 2.62. The van der Waals surface area contributed by atoms with Crippen LogP contribution in [-0.4, -0.2) is 36.1 Å². The molecule has 6 nitrogen and oxygen atoms in total. The smallest absolute Gasteiger partial charge is 0.326 e. The molecule has 0 unspecified atom stereocenters. The summed E-state index contributed by atoms with van der Waals surface area (Å²) in [5.41, 5.74) is -0.301. The monoisotopic (exact) mass is 285 g/mol. The molecule has 1 rings (SSSR count).